The Labute approximate surface area is 141 Å². The third-order valence-electron chi connectivity index (χ3n) is 3.81. The number of rotatable bonds is 3. The van der Waals surface area contributed by atoms with Gasteiger partial charge in [0.25, 0.3) is 0 Å². The minimum atomic E-state index is -1.69. The summed E-state index contributed by atoms with van der Waals surface area (Å²) in [4.78, 5) is 28.7. The molecule has 0 amide bonds. The number of halogens is 3. The van der Waals surface area contributed by atoms with Crippen LogP contribution in [0, 0.1) is 6.92 Å². The van der Waals surface area contributed by atoms with E-state index in [2.05, 4.69) is 4.98 Å². The Morgan fingerprint density at radius 1 is 1.48 bits per heavy atom. The Kier molecular flexibility index (Phi) is 3.84. The molecular formula is C15H13Cl2FN2O3. The van der Waals surface area contributed by atoms with Gasteiger partial charge in [-0.3, -0.25) is 4.79 Å². The molecular weight excluding hydrogens is 346 g/mol. The second-order valence-electron chi connectivity index (χ2n) is 5.41. The van der Waals surface area contributed by atoms with Crippen molar-refractivity contribution in [3.8, 4) is 0 Å². The number of carbonyl (C=O) groups is 1. The van der Waals surface area contributed by atoms with E-state index in [1.54, 1.807) is 13.8 Å². The van der Waals surface area contributed by atoms with E-state index in [9.17, 15) is 14.0 Å². The zero-order chi connectivity index (χ0) is 16.9. The van der Waals surface area contributed by atoms with Crippen molar-refractivity contribution in [1.29, 1.82) is 0 Å². The number of carbonyl (C=O) groups excluding carboxylic acids is 1. The van der Waals surface area contributed by atoms with E-state index in [1.807, 2.05) is 0 Å². The number of ether oxygens (including phenoxy) is 1. The molecule has 23 heavy (non-hydrogen) atoms. The summed E-state index contributed by atoms with van der Waals surface area (Å²) in [6.07, 6.45) is 1.70. The van der Waals surface area contributed by atoms with Crippen LogP contribution in [0.5, 0.6) is 0 Å². The summed E-state index contributed by atoms with van der Waals surface area (Å²) in [6.45, 7) is 3.29. The number of alkyl halides is 1. The topological polar surface area (TPSA) is 61.2 Å². The van der Waals surface area contributed by atoms with Crippen LogP contribution < -0.4 is 5.43 Å². The van der Waals surface area contributed by atoms with Crippen molar-refractivity contribution in [3.63, 3.8) is 0 Å². The SMILES string of the molecule is CCOC(=O)c1cn(C2(F)CC2)c2c(Cl)c(Cl)nc(C)c2c1=O. The lowest BCUT2D eigenvalue weighted by Crippen LogP contribution is -2.25. The number of aromatic nitrogens is 2. The molecule has 0 bridgehead atoms. The predicted molar refractivity (Wildman–Crippen MR) is 85.0 cm³/mol. The molecule has 0 saturated heterocycles. The molecule has 2 aromatic rings. The van der Waals surface area contributed by atoms with Crippen LogP contribution in [0.25, 0.3) is 10.9 Å². The molecule has 0 N–H and O–H groups in total. The highest BCUT2D eigenvalue weighted by molar-refractivity contribution is 6.44. The van der Waals surface area contributed by atoms with Crippen molar-refractivity contribution < 1.29 is 13.9 Å². The maximum Gasteiger partial charge on any atom is 0.343 e. The minimum Gasteiger partial charge on any atom is -0.462 e. The van der Waals surface area contributed by atoms with Crippen LogP contribution >= 0.6 is 23.2 Å². The summed E-state index contributed by atoms with van der Waals surface area (Å²) in [5.41, 5.74) is -0.403. The van der Waals surface area contributed by atoms with E-state index in [0.717, 1.165) is 6.20 Å². The third kappa shape index (κ3) is 2.50. The Bertz CT molecular complexity index is 891. The normalized spacial score (nSPS) is 15.7. The van der Waals surface area contributed by atoms with Crippen molar-refractivity contribution in [2.24, 2.45) is 0 Å². The van der Waals surface area contributed by atoms with Gasteiger partial charge in [0, 0.05) is 19.0 Å². The molecule has 0 aromatic carbocycles. The number of hydrogen-bond acceptors (Lipinski definition) is 4. The van der Waals surface area contributed by atoms with Gasteiger partial charge in [0.15, 0.2) is 5.79 Å². The van der Waals surface area contributed by atoms with Crippen molar-refractivity contribution in [2.45, 2.75) is 32.5 Å². The second-order valence-corrected chi connectivity index (χ2v) is 6.14. The summed E-state index contributed by atoms with van der Waals surface area (Å²) in [5, 5.41) is 0.0514. The third-order valence-corrected chi connectivity index (χ3v) is 4.54. The number of pyridine rings is 2. The van der Waals surface area contributed by atoms with Crippen molar-refractivity contribution >= 4 is 40.1 Å². The van der Waals surface area contributed by atoms with Gasteiger partial charge in [-0.25, -0.2) is 14.2 Å². The van der Waals surface area contributed by atoms with E-state index >= 15 is 0 Å². The van der Waals surface area contributed by atoms with Crippen LogP contribution in [-0.2, 0) is 10.5 Å². The first-order chi connectivity index (χ1) is 10.8. The summed E-state index contributed by atoms with van der Waals surface area (Å²) in [7, 11) is 0. The molecule has 0 spiro atoms. The maximum atomic E-state index is 14.8. The van der Waals surface area contributed by atoms with Crippen LogP contribution in [0.4, 0.5) is 4.39 Å². The van der Waals surface area contributed by atoms with Crippen molar-refractivity contribution in [3.05, 3.63) is 37.9 Å². The van der Waals surface area contributed by atoms with E-state index in [0.29, 0.717) is 0 Å². The highest BCUT2D eigenvalue weighted by Gasteiger charge is 2.46. The van der Waals surface area contributed by atoms with Crippen molar-refractivity contribution in [1.82, 2.24) is 9.55 Å². The fourth-order valence-electron chi connectivity index (χ4n) is 2.53. The van der Waals surface area contributed by atoms with Gasteiger partial charge >= 0.3 is 5.97 Å². The molecule has 2 heterocycles. The Morgan fingerprint density at radius 3 is 2.70 bits per heavy atom. The van der Waals surface area contributed by atoms with Gasteiger partial charge in [-0.1, -0.05) is 23.2 Å². The maximum absolute atomic E-state index is 14.8. The van der Waals surface area contributed by atoms with Crippen LogP contribution in [0.2, 0.25) is 10.2 Å². The molecule has 8 heteroatoms. The molecule has 1 fully saturated rings. The molecule has 1 saturated carbocycles. The summed E-state index contributed by atoms with van der Waals surface area (Å²) >= 11 is 12.1. The van der Waals surface area contributed by atoms with Gasteiger partial charge in [0.1, 0.15) is 15.7 Å². The van der Waals surface area contributed by atoms with Crippen LogP contribution in [0.1, 0.15) is 35.8 Å². The first-order valence-corrected chi connectivity index (χ1v) is 7.83. The van der Waals surface area contributed by atoms with Gasteiger partial charge < -0.3 is 9.30 Å². The predicted octanol–water partition coefficient (Wildman–Crippen LogP) is 3.60. The number of hydrogen-bond donors (Lipinski definition) is 0. The smallest absolute Gasteiger partial charge is 0.343 e. The fourth-order valence-corrected chi connectivity index (χ4v) is 2.97. The number of nitrogens with zero attached hydrogens (tertiary/aromatic N) is 2. The zero-order valence-electron chi connectivity index (χ0n) is 12.5. The first-order valence-electron chi connectivity index (χ1n) is 7.07. The number of fused-ring (bicyclic) bond motifs is 1. The molecule has 2 aromatic heterocycles. The van der Waals surface area contributed by atoms with Crippen molar-refractivity contribution in [2.75, 3.05) is 6.61 Å². The lowest BCUT2D eigenvalue weighted by atomic mass is 10.1. The highest BCUT2D eigenvalue weighted by Crippen LogP contribution is 2.47. The van der Waals surface area contributed by atoms with E-state index in [1.165, 1.54) is 4.57 Å². The standard InChI is InChI=1S/C15H13Cl2FN2O3/c1-3-23-14(22)8-6-20(15(18)4-5-15)11-9(12(8)21)7(2)19-13(17)10(11)16/h6H,3-5H2,1-2H3. The number of esters is 1. The van der Waals surface area contributed by atoms with E-state index in [4.69, 9.17) is 27.9 Å². The molecule has 1 aliphatic rings. The largest absolute Gasteiger partial charge is 0.462 e. The molecule has 5 nitrogen and oxygen atoms in total. The van der Waals surface area contributed by atoms with Gasteiger partial charge in [0.05, 0.1) is 23.2 Å². The van der Waals surface area contributed by atoms with Gasteiger partial charge in [-0.15, -0.1) is 0 Å². The number of aryl methyl sites for hydroxylation is 1. The Morgan fingerprint density at radius 2 is 2.13 bits per heavy atom. The molecule has 122 valence electrons. The van der Waals surface area contributed by atoms with E-state index < -0.39 is 17.2 Å². The summed E-state index contributed by atoms with van der Waals surface area (Å²) < 4.78 is 20.8. The lowest BCUT2D eigenvalue weighted by Gasteiger charge is -2.18. The molecule has 0 atom stereocenters. The van der Waals surface area contributed by atoms with E-state index in [-0.39, 0.29) is 51.8 Å². The quantitative estimate of drug-likeness (QED) is 0.621. The molecule has 0 unspecified atom stereocenters. The fraction of sp³-hybridized carbons (Fsp3) is 0.400. The highest BCUT2D eigenvalue weighted by atomic mass is 35.5. The first kappa shape index (κ1) is 16.2. The van der Waals surface area contributed by atoms with Gasteiger partial charge in [-0.05, 0) is 13.8 Å². The molecule has 3 rings (SSSR count). The molecule has 0 aliphatic heterocycles. The van der Waals surface area contributed by atoms with Gasteiger partial charge in [-0.2, -0.15) is 0 Å². The lowest BCUT2D eigenvalue weighted by molar-refractivity contribution is 0.0523. The average Bonchev–Trinajstić information content (AvgIpc) is 3.23. The monoisotopic (exact) mass is 358 g/mol. The Hall–Kier alpha value is -1.66. The van der Waals surface area contributed by atoms with Crippen LogP contribution in [0.3, 0.4) is 0 Å². The minimum absolute atomic E-state index is 0.0105. The summed E-state index contributed by atoms with van der Waals surface area (Å²) in [6, 6.07) is 0. The van der Waals surface area contributed by atoms with Crippen LogP contribution in [0.15, 0.2) is 11.0 Å². The average molecular weight is 359 g/mol. The van der Waals surface area contributed by atoms with Gasteiger partial charge in [0.2, 0.25) is 5.43 Å². The van der Waals surface area contributed by atoms with Crippen LogP contribution in [-0.4, -0.2) is 22.1 Å². The Balaban J connectivity index is 2.45. The second kappa shape index (κ2) is 5.46. The molecule has 1 aliphatic carbocycles. The summed E-state index contributed by atoms with van der Waals surface area (Å²) in [5.74, 6) is -2.49. The molecule has 0 radical (unpaired) electrons. The zero-order valence-corrected chi connectivity index (χ0v) is 14.0.